The standard InChI is InChI=1S/C41H46N6O8/c1-28-11-16-35(49)38(45-51)40(28)55-36(17-20-48)29-12-14-30(15-13-29)41(50)44-18-21-52-23-25-54-26-24-53-22-19-47(43)39-32-8-4-3-7-31(32)27-46(2)34-10-6-5-9-33(34)37(39)42/h3-17,20,49H,18-19,21-27,42-43H2,1-2H3,(H,44,50)/b36-17-,39-37-. The van der Waals surface area contributed by atoms with Crippen molar-refractivity contribution in [3.63, 3.8) is 0 Å². The molecule has 1 aliphatic heterocycles. The Morgan fingerprint density at radius 3 is 2.24 bits per heavy atom. The number of nitroso groups, excluding NO2 is 1. The van der Waals surface area contributed by atoms with Gasteiger partial charge in [-0.3, -0.25) is 9.59 Å². The third-order valence-electron chi connectivity index (χ3n) is 8.84. The summed E-state index contributed by atoms with van der Waals surface area (Å²) in [6, 6.07) is 25.4. The molecule has 0 atom stereocenters. The number of amides is 1. The van der Waals surface area contributed by atoms with E-state index in [1.807, 2.05) is 36.4 Å². The molecule has 14 heteroatoms. The molecule has 288 valence electrons. The predicted octanol–water partition coefficient (Wildman–Crippen LogP) is 5.11. The molecule has 6 N–H and O–H groups in total. The fourth-order valence-corrected chi connectivity index (χ4v) is 6.03. The Bertz CT molecular complexity index is 2020. The van der Waals surface area contributed by atoms with Crippen molar-refractivity contribution < 1.29 is 33.6 Å². The summed E-state index contributed by atoms with van der Waals surface area (Å²) < 4.78 is 22.8. The average molecular weight is 751 g/mol. The highest BCUT2D eigenvalue weighted by atomic mass is 16.5. The van der Waals surface area contributed by atoms with Gasteiger partial charge in [-0.15, -0.1) is 4.91 Å². The number of para-hydroxylation sites is 1. The van der Waals surface area contributed by atoms with Crippen LogP contribution in [0, 0.1) is 11.8 Å². The van der Waals surface area contributed by atoms with Gasteiger partial charge >= 0.3 is 0 Å². The van der Waals surface area contributed by atoms with E-state index in [0.717, 1.165) is 28.1 Å². The zero-order chi connectivity index (χ0) is 39.2. The lowest BCUT2D eigenvalue weighted by molar-refractivity contribution is -0.104. The summed E-state index contributed by atoms with van der Waals surface area (Å²) in [6.07, 6.45) is 1.70. The number of rotatable bonds is 19. The van der Waals surface area contributed by atoms with Gasteiger partial charge in [0.15, 0.2) is 11.4 Å². The molecule has 1 aliphatic rings. The number of hydrogen-bond acceptors (Lipinski definition) is 13. The van der Waals surface area contributed by atoms with Crippen LogP contribution >= 0.6 is 0 Å². The molecule has 0 saturated heterocycles. The van der Waals surface area contributed by atoms with Crippen LogP contribution in [0.3, 0.4) is 0 Å². The monoisotopic (exact) mass is 750 g/mol. The van der Waals surface area contributed by atoms with E-state index >= 15 is 0 Å². The van der Waals surface area contributed by atoms with Crippen molar-refractivity contribution in [3.8, 4) is 11.5 Å². The van der Waals surface area contributed by atoms with Crippen LogP contribution in [0.1, 0.15) is 38.2 Å². The Morgan fingerprint density at radius 1 is 0.891 bits per heavy atom. The van der Waals surface area contributed by atoms with Crippen molar-refractivity contribution in [2.24, 2.45) is 16.8 Å². The van der Waals surface area contributed by atoms with Gasteiger partial charge in [0.05, 0.1) is 57.6 Å². The highest BCUT2D eigenvalue weighted by Crippen LogP contribution is 2.41. The number of benzene rings is 4. The molecule has 0 spiro atoms. The second-order valence-corrected chi connectivity index (χ2v) is 12.6. The van der Waals surface area contributed by atoms with Gasteiger partial charge in [-0.1, -0.05) is 60.7 Å². The first-order chi connectivity index (χ1) is 26.7. The zero-order valence-corrected chi connectivity index (χ0v) is 30.9. The Balaban J connectivity index is 0.978. The van der Waals surface area contributed by atoms with Gasteiger partial charge in [0.2, 0.25) is 0 Å². The first-order valence-corrected chi connectivity index (χ1v) is 17.7. The number of hydrazine groups is 1. The van der Waals surface area contributed by atoms with E-state index in [-0.39, 0.29) is 42.0 Å². The fourth-order valence-electron chi connectivity index (χ4n) is 6.03. The van der Waals surface area contributed by atoms with E-state index in [1.165, 1.54) is 12.1 Å². The van der Waals surface area contributed by atoms with E-state index in [9.17, 15) is 19.6 Å². The van der Waals surface area contributed by atoms with Crippen molar-refractivity contribution in [2.45, 2.75) is 13.5 Å². The minimum Gasteiger partial charge on any atom is -0.505 e. The molecule has 0 unspecified atom stereocenters. The van der Waals surface area contributed by atoms with Crippen LogP contribution in [0.5, 0.6) is 11.5 Å². The lowest BCUT2D eigenvalue weighted by atomic mass is 9.96. The summed E-state index contributed by atoms with van der Waals surface area (Å²) in [5.74, 6) is 6.07. The number of aromatic hydroxyl groups is 1. The van der Waals surface area contributed by atoms with Crippen molar-refractivity contribution in [1.29, 1.82) is 0 Å². The molecule has 1 amide bonds. The Kier molecular flexibility index (Phi) is 14.5. The molecule has 0 saturated carbocycles. The minimum absolute atomic E-state index is 0.0235. The number of phenols is 1. The number of hydrogen-bond donors (Lipinski definition) is 4. The smallest absolute Gasteiger partial charge is 0.251 e. The molecule has 5 rings (SSSR count). The summed E-state index contributed by atoms with van der Waals surface area (Å²) in [5.41, 5.74) is 13.3. The number of carbonyl (C=O) groups is 2. The van der Waals surface area contributed by atoms with Gasteiger partial charge in [-0.2, -0.15) is 0 Å². The molecule has 0 aromatic heterocycles. The number of nitrogens with one attached hydrogen (secondary N) is 1. The molecule has 0 radical (unpaired) electrons. The van der Waals surface area contributed by atoms with Gasteiger partial charge in [0.25, 0.3) is 5.91 Å². The maximum Gasteiger partial charge on any atom is 0.251 e. The summed E-state index contributed by atoms with van der Waals surface area (Å²) in [4.78, 5) is 37.4. The van der Waals surface area contributed by atoms with Gasteiger partial charge in [-0.05, 0) is 47.5 Å². The number of anilines is 1. The molecule has 0 fully saturated rings. The van der Waals surface area contributed by atoms with E-state index < -0.39 is 0 Å². The third-order valence-corrected chi connectivity index (χ3v) is 8.84. The van der Waals surface area contributed by atoms with Crippen LogP contribution < -0.4 is 26.5 Å². The van der Waals surface area contributed by atoms with E-state index in [4.69, 9.17) is 30.5 Å². The quantitative estimate of drug-likeness (QED) is 0.0189. The van der Waals surface area contributed by atoms with Crippen LogP contribution in [-0.2, 0) is 25.5 Å². The largest absolute Gasteiger partial charge is 0.505 e. The lowest BCUT2D eigenvalue weighted by Gasteiger charge is -2.32. The van der Waals surface area contributed by atoms with Crippen LogP contribution in [-0.4, -0.2) is 82.1 Å². The third kappa shape index (κ3) is 10.3. The first-order valence-electron chi connectivity index (χ1n) is 17.7. The number of aryl methyl sites for hydroxylation is 1. The van der Waals surface area contributed by atoms with Crippen molar-refractivity contribution >= 4 is 40.7 Å². The number of nitrogens with two attached hydrogens (primary N) is 2. The molecule has 0 bridgehead atoms. The van der Waals surface area contributed by atoms with E-state index in [0.29, 0.717) is 74.8 Å². The van der Waals surface area contributed by atoms with E-state index in [2.05, 4.69) is 34.6 Å². The van der Waals surface area contributed by atoms with Crippen molar-refractivity contribution in [3.05, 3.63) is 129 Å². The molecule has 4 aromatic carbocycles. The van der Waals surface area contributed by atoms with Crippen LogP contribution in [0.15, 0.2) is 96.2 Å². The predicted molar refractivity (Wildman–Crippen MR) is 211 cm³/mol. The number of carbonyl (C=O) groups excluding carboxylic acids is 2. The average Bonchev–Trinajstić information content (AvgIpc) is 3.19. The van der Waals surface area contributed by atoms with Gasteiger partial charge < -0.3 is 45.0 Å². The van der Waals surface area contributed by atoms with Gasteiger partial charge in [0, 0.05) is 54.2 Å². The highest BCUT2D eigenvalue weighted by molar-refractivity contribution is 5.95. The van der Waals surface area contributed by atoms with Crippen molar-refractivity contribution in [2.75, 3.05) is 64.7 Å². The molecule has 55 heavy (non-hydrogen) atoms. The number of allylic oxidation sites excluding steroid dienone is 1. The van der Waals surface area contributed by atoms with Crippen LogP contribution in [0.4, 0.5) is 11.4 Å². The summed E-state index contributed by atoms with van der Waals surface area (Å²) in [7, 11) is 2.06. The number of fused-ring (bicyclic) bond motifs is 2. The van der Waals surface area contributed by atoms with Crippen LogP contribution in [0.25, 0.3) is 17.2 Å². The SMILES string of the molecule is Cc1ccc(O)c(N=O)c1O/C(=C\C=O)c1ccc(C(=O)NCCOCCOCCOCCN(N)/C2=C(\N)c3ccccc3N(C)Cc3ccccc32)cc1. The summed E-state index contributed by atoms with van der Waals surface area (Å²) in [5, 5.41) is 17.3. The van der Waals surface area contributed by atoms with Crippen molar-refractivity contribution in [1.82, 2.24) is 10.3 Å². The van der Waals surface area contributed by atoms with E-state index in [1.54, 1.807) is 42.3 Å². The zero-order valence-electron chi connectivity index (χ0n) is 30.9. The minimum atomic E-state index is -0.348. The molecule has 0 aliphatic carbocycles. The Hall–Kier alpha value is -6.06. The Labute approximate surface area is 319 Å². The number of aldehydes is 1. The normalized spacial score (nSPS) is 13.9. The molecule has 14 nitrogen and oxygen atoms in total. The summed E-state index contributed by atoms with van der Waals surface area (Å²) >= 11 is 0. The first kappa shape index (κ1) is 40.1. The fraction of sp³-hybridized carbons (Fsp3) is 0.268. The van der Waals surface area contributed by atoms with Gasteiger partial charge in [-0.25, -0.2) is 5.84 Å². The maximum atomic E-state index is 12.7. The molecule has 4 aromatic rings. The highest BCUT2D eigenvalue weighted by Gasteiger charge is 2.23. The molecular formula is C41H46N6O8. The number of nitrogens with zero attached hydrogens (tertiary/aromatic N) is 3. The number of ether oxygens (including phenoxy) is 4. The summed E-state index contributed by atoms with van der Waals surface area (Å²) in [6.45, 7) is 5.23. The second-order valence-electron chi connectivity index (χ2n) is 12.6. The molecular weight excluding hydrogens is 704 g/mol. The maximum absolute atomic E-state index is 12.7. The topological polar surface area (TPSA) is 191 Å². The second kappa shape index (κ2) is 19.9. The van der Waals surface area contributed by atoms with Gasteiger partial charge in [0.1, 0.15) is 17.8 Å². The Morgan fingerprint density at radius 2 is 1.53 bits per heavy atom. The number of phenolic OH excluding ortho intramolecular Hbond substituents is 1. The lowest BCUT2D eigenvalue weighted by Crippen LogP contribution is -2.36. The van der Waals surface area contributed by atoms with Crippen LogP contribution in [0.2, 0.25) is 0 Å². The molecule has 1 heterocycles.